The van der Waals surface area contributed by atoms with Crippen LogP contribution in [0.15, 0.2) is 54.6 Å². The van der Waals surface area contributed by atoms with Crippen molar-refractivity contribution in [3.8, 4) is 11.1 Å². The van der Waals surface area contributed by atoms with Gasteiger partial charge in [-0.3, -0.25) is 9.59 Å². The van der Waals surface area contributed by atoms with E-state index in [2.05, 4.69) is 5.32 Å². The molecule has 2 amide bonds. The molecule has 0 aromatic heterocycles. The molecular formula is C23H26N2O5. The number of carbonyl (C=O) groups excluding carboxylic acids is 3. The number of benzene rings is 2. The van der Waals surface area contributed by atoms with Crippen molar-refractivity contribution in [2.24, 2.45) is 0 Å². The average molecular weight is 410 g/mol. The molecule has 0 unspecified atom stereocenters. The van der Waals surface area contributed by atoms with E-state index < -0.39 is 30.1 Å². The topological polar surface area (TPSA) is 95.9 Å². The van der Waals surface area contributed by atoms with Gasteiger partial charge < -0.3 is 20.1 Å². The van der Waals surface area contributed by atoms with Gasteiger partial charge in [0, 0.05) is 26.3 Å². The Balaban J connectivity index is 1.71. The normalized spacial score (nSPS) is 19.2. The van der Waals surface area contributed by atoms with Crippen molar-refractivity contribution >= 4 is 17.8 Å². The van der Waals surface area contributed by atoms with Crippen LogP contribution in [0, 0.1) is 0 Å². The van der Waals surface area contributed by atoms with E-state index in [4.69, 9.17) is 4.74 Å². The molecule has 1 fully saturated rings. The predicted molar refractivity (Wildman–Crippen MR) is 111 cm³/mol. The summed E-state index contributed by atoms with van der Waals surface area (Å²) < 4.78 is 4.85. The SMILES string of the molecule is COC(=O)[C@@H](Cc1ccc(-c2ccccc2)cc1)NC(=O)[C@@H]1C[C@@H](O)CN1C(C)=O. The Bertz CT molecular complexity index is 898. The molecule has 30 heavy (non-hydrogen) atoms. The van der Waals surface area contributed by atoms with Crippen molar-refractivity contribution in [1.29, 1.82) is 0 Å². The molecule has 0 aliphatic carbocycles. The fraction of sp³-hybridized carbons (Fsp3) is 0.348. The van der Waals surface area contributed by atoms with Crippen LogP contribution in [0.5, 0.6) is 0 Å². The summed E-state index contributed by atoms with van der Waals surface area (Å²) >= 11 is 0. The van der Waals surface area contributed by atoms with Gasteiger partial charge in [-0.15, -0.1) is 0 Å². The number of methoxy groups -OCH3 is 1. The molecule has 3 rings (SSSR count). The Hall–Kier alpha value is -3.19. The zero-order valence-corrected chi connectivity index (χ0v) is 17.1. The lowest BCUT2D eigenvalue weighted by Gasteiger charge is -2.24. The van der Waals surface area contributed by atoms with Crippen molar-refractivity contribution in [1.82, 2.24) is 10.2 Å². The Kier molecular flexibility index (Phi) is 6.84. The highest BCUT2D eigenvalue weighted by Gasteiger charge is 2.38. The van der Waals surface area contributed by atoms with Crippen LogP contribution in [-0.2, 0) is 25.5 Å². The molecule has 1 aliphatic heterocycles. The molecule has 3 atom stereocenters. The summed E-state index contributed by atoms with van der Waals surface area (Å²) in [5.74, 6) is -1.33. The quantitative estimate of drug-likeness (QED) is 0.705. The molecule has 158 valence electrons. The van der Waals surface area contributed by atoms with Crippen LogP contribution < -0.4 is 5.32 Å². The Morgan fingerprint density at radius 2 is 1.73 bits per heavy atom. The number of hydrogen-bond acceptors (Lipinski definition) is 5. The Morgan fingerprint density at radius 3 is 2.33 bits per heavy atom. The number of aliphatic hydroxyl groups excluding tert-OH is 1. The van der Waals surface area contributed by atoms with E-state index in [9.17, 15) is 19.5 Å². The summed E-state index contributed by atoms with van der Waals surface area (Å²) in [6.45, 7) is 1.46. The van der Waals surface area contributed by atoms with Gasteiger partial charge in [-0.2, -0.15) is 0 Å². The second-order valence-electron chi connectivity index (χ2n) is 7.43. The number of β-amino-alcohol motifs (C(OH)–C–C–N with tert-alkyl or cyclic N) is 1. The van der Waals surface area contributed by atoms with Crippen LogP contribution in [0.1, 0.15) is 18.9 Å². The highest BCUT2D eigenvalue weighted by Crippen LogP contribution is 2.21. The number of nitrogens with zero attached hydrogens (tertiary/aromatic N) is 1. The second kappa shape index (κ2) is 9.54. The van der Waals surface area contributed by atoms with Crippen molar-refractivity contribution in [2.75, 3.05) is 13.7 Å². The number of amides is 2. The van der Waals surface area contributed by atoms with Gasteiger partial charge in [0.15, 0.2) is 0 Å². The molecule has 0 bridgehead atoms. The molecule has 0 spiro atoms. The van der Waals surface area contributed by atoms with Gasteiger partial charge in [0.2, 0.25) is 11.8 Å². The van der Waals surface area contributed by atoms with Gasteiger partial charge in [-0.05, 0) is 16.7 Å². The van der Waals surface area contributed by atoms with Crippen LogP contribution in [0.4, 0.5) is 0 Å². The van der Waals surface area contributed by atoms with Crippen LogP contribution in [0.3, 0.4) is 0 Å². The molecule has 1 heterocycles. The lowest BCUT2D eigenvalue weighted by molar-refractivity contribution is -0.146. The number of ether oxygens (including phenoxy) is 1. The lowest BCUT2D eigenvalue weighted by atomic mass is 10.0. The van der Waals surface area contributed by atoms with Gasteiger partial charge >= 0.3 is 5.97 Å². The highest BCUT2D eigenvalue weighted by atomic mass is 16.5. The first-order valence-electron chi connectivity index (χ1n) is 9.87. The third-order valence-electron chi connectivity index (χ3n) is 5.29. The molecule has 7 heteroatoms. The second-order valence-corrected chi connectivity index (χ2v) is 7.43. The Labute approximate surface area is 175 Å². The Morgan fingerprint density at radius 1 is 1.10 bits per heavy atom. The number of nitrogens with one attached hydrogen (secondary N) is 1. The third-order valence-corrected chi connectivity index (χ3v) is 5.29. The van der Waals surface area contributed by atoms with Gasteiger partial charge in [0.05, 0.1) is 13.2 Å². The summed E-state index contributed by atoms with van der Waals surface area (Å²) in [4.78, 5) is 38.1. The fourth-order valence-electron chi connectivity index (χ4n) is 3.71. The first-order chi connectivity index (χ1) is 14.4. The number of hydrogen-bond donors (Lipinski definition) is 2. The molecule has 1 saturated heterocycles. The maximum atomic E-state index is 12.7. The van der Waals surface area contributed by atoms with Crippen molar-refractivity contribution in [2.45, 2.75) is 38.0 Å². The predicted octanol–water partition coefficient (Wildman–Crippen LogP) is 1.54. The first-order valence-corrected chi connectivity index (χ1v) is 9.87. The molecule has 2 N–H and O–H groups in total. The molecule has 2 aromatic rings. The van der Waals surface area contributed by atoms with Crippen LogP contribution in [0.2, 0.25) is 0 Å². The number of carbonyl (C=O) groups is 3. The minimum atomic E-state index is -0.892. The average Bonchev–Trinajstić information content (AvgIpc) is 3.16. The molecule has 2 aromatic carbocycles. The molecule has 0 saturated carbocycles. The van der Waals surface area contributed by atoms with Gasteiger partial charge in [-0.1, -0.05) is 54.6 Å². The summed E-state index contributed by atoms with van der Waals surface area (Å²) in [7, 11) is 1.27. The summed E-state index contributed by atoms with van der Waals surface area (Å²) in [6.07, 6.45) is -0.361. The van der Waals surface area contributed by atoms with Crippen molar-refractivity contribution in [3.05, 3.63) is 60.2 Å². The van der Waals surface area contributed by atoms with E-state index in [0.717, 1.165) is 16.7 Å². The third kappa shape index (κ3) is 5.04. The molecule has 1 aliphatic rings. The zero-order valence-electron chi connectivity index (χ0n) is 17.1. The molecular weight excluding hydrogens is 384 g/mol. The monoisotopic (exact) mass is 410 g/mol. The number of likely N-dealkylation sites (tertiary alicyclic amines) is 1. The maximum Gasteiger partial charge on any atom is 0.328 e. The van der Waals surface area contributed by atoms with E-state index in [0.29, 0.717) is 0 Å². The number of aliphatic hydroxyl groups is 1. The van der Waals surface area contributed by atoms with E-state index >= 15 is 0 Å². The summed E-state index contributed by atoms with van der Waals surface area (Å²) in [6, 6.07) is 16.0. The lowest BCUT2D eigenvalue weighted by Crippen LogP contribution is -2.51. The van der Waals surface area contributed by atoms with Gasteiger partial charge in [0.1, 0.15) is 12.1 Å². The molecule has 7 nitrogen and oxygen atoms in total. The number of rotatable bonds is 6. The largest absolute Gasteiger partial charge is 0.467 e. The highest BCUT2D eigenvalue weighted by molar-refractivity contribution is 5.91. The van der Waals surface area contributed by atoms with Crippen LogP contribution >= 0.6 is 0 Å². The van der Waals surface area contributed by atoms with E-state index in [1.165, 1.54) is 18.9 Å². The first kappa shape index (κ1) is 21.5. The summed E-state index contributed by atoms with van der Waals surface area (Å²) in [5, 5.41) is 12.5. The van der Waals surface area contributed by atoms with E-state index in [-0.39, 0.29) is 25.3 Å². The standard InChI is InChI=1S/C23H26N2O5/c1-15(26)25-14-19(27)13-21(25)22(28)24-20(23(29)30-2)12-16-8-10-18(11-9-16)17-6-4-3-5-7-17/h3-11,19-21,27H,12-14H2,1-2H3,(H,24,28)/t19-,20-,21+/m1/s1. The van der Waals surface area contributed by atoms with Crippen molar-refractivity contribution in [3.63, 3.8) is 0 Å². The number of esters is 1. The molecule has 0 radical (unpaired) electrons. The maximum absolute atomic E-state index is 12.7. The summed E-state index contributed by atoms with van der Waals surface area (Å²) in [5.41, 5.74) is 3.00. The van der Waals surface area contributed by atoms with Crippen LogP contribution in [-0.4, -0.2) is 59.6 Å². The van der Waals surface area contributed by atoms with Crippen molar-refractivity contribution < 1.29 is 24.2 Å². The smallest absolute Gasteiger partial charge is 0.328 e. The van der Waals surface area contributed by atoms with E-state index in [1.54, 1.807) is 0 Å². The van der Waals surface area contributed by atoms with Gasteiger partial charge in [-0.25, -0.2) is 4.79 Å². The van der Waals surface area contributed by atoms with Gasteiger partial charge in [0.25, 0.3) is 0 Å². The van der Waals surface area contributed by atoms with E-state index in [1.807, 2.05) is 54.6 Å². The van der Waals surface area contributed by atoms with Crippen LogP contribution in [0.25, 0.3) is 11.1 Å². The minimum absolute atomic E-state index is 0.108. The zero-order chi connectivity index (χ0) is 21.7. The minimum Gasteiger partial charge on any atom is -0.467 e. The fourth-order valence-corrected chi connectivity index (χ4v) is 3.71.